The SMILES string of the molecule is CCN1c2cc(C)c(/C=C3\SC(=Nc4ccccc4)N(C)C3=O)cc2[C@@H](C)CC1(C)C. The van der Waals surface area contributed by atoms with Crippen molar-refractivity contribution in [1.29, 1.82) is 0 Å². The van der Waals surface area contributed by atoms with Crippen molar-refractivity contribution < 1.29 is 4.79 Å². The monoisotopic (exact) mass is 433 g/mol. The van der Waals surface area contributed by atoms with E-state index in [0.29, 0.717) is 11.1 Å². The molecule has 4 nitrogen and oxygen atoms in total. The lowest BCUT2D eigenvalue weighted by Gasteiger charge is -2.47. The van der Waals surface area contributed by atoms with Crippen LogP contribution >= 0.6 is 11.8 Å². The van der Waals surface area contributed by atoms with Crippen LogP contribution < -0.4 is 4.90 Å². The minimum absolute atomic E-state index is 0.00108. The quantitative estimate of drug-likeness (QED) is 0.530. The number of hydrogen-bond acceptors (Lipinski definition) is 4. The molecule has 1 amide bonds. The Morgan fingerprint density at radius 2 is 1.94 bits per heavy atom. The van der Waals surface area contributed by atoms with E-state index in [9.17, 15) is 4.79 Å². The summed E-state index contributed by atoms with van der Waals surface area (Å²) in [5, 5.41) is 0.713. The molecule has 0 aliphatic carbocycles. The maximum Gasteiger partial charge on any atom is 0.266 e. The number of aliphatic imine (C=N–C) groups is 1. The molecule has 1 atom stereocenters. The van der Waals surface area contributed by atoms with Crippen LogP contribution in [0.4, 0.5) is 11.4 Å². The molecule has 2 heterocycles. The molecule has 0 bridgehead atoms. The fourth-order valence-electron chi connectivity index (χ4n) is 4.81. The second-order valence-electron chi connectivity index (χ2n) is 9.13. The number of rotatable bonds is 3. The number of thioether (sulfide) groups is 1. The summed E-state index contributed by atoms with van der Waals surface area (Å²) >= 11 is 1.45. The van der Waals surface area contributed by atoms with Crippen LogP contribution in [0.1, 0.15) is 56.7 Å². The Bertz CT molecular complexity index is 1070. The van der Waals surface area contributed by atoms with Crippen LogP contribution in [0.15, 0.2) is 52.4 Å². The van der Waals surface area contributed by atoms with E-state index in [2.05, 4.69) is 56.6 Å². The van der Waals surface area contributed by atoms with Crippen molar-refractivity contribution in [2.24, 2.45) is 4.99 Å². The van der Waals surface area contributed by atoms with Gasteiger partial charge in [0.05, 0.1) is 10.6 Å². The number of para-hydroxylation sites is 1. The molecule has 5 heteroatoms. The lowest BCUT2D eigenvalue weighted by Crippen LogP contribution is -2.48. The molecule has 0 N–H and O–H groups in total. The zero-order valence-corrected chi connectivity index (χ0v) is 20.1. The predicted octanol–water partition coefficient (Wildman–Crippen LogP) is 6.34. The zero-order valence-electron chi connectivity index (χ0n) is 19.3. The number of anilines is 1. The molecule has 0 spiro atoms. The van der Waals surface area contributed by atoms with Crippen molar-refractivity contribution in [2.75, 3.05) is 18.5 Å². The Kier molecular flexibility index (Phi) is 5.73. The zero-order chi connectivity index (χ0) is 22.3. The lowest BCUT2D eigenvalue weighted by atomic mass is 9.79. The van der Waals surface area contributed by atoms with Gasteiger partial charge in [-0.1, -0.05) is 25.1 Å². The van der Waals surface area contributed by atoms with Crippen molar-refractivity contribution in [2.45, 2.75) is 52.5 Å². The average Bonchev–Trinajstić information content (AvgIpc) is 2.97. The van der Waals surface area contributed by atoms with Crippen molar-refractivity contribution >= 4 is 40.3 Å². The second-order valence-corrected chi connectivity index (χ2v) is 10.1. The lowest BCUT2D eigenvalue weighted by molar-refractivity contribution is -0.121. The van der Waals surface area contributed by atoms with E-state index in [1.54, 1.807) is 11.9 Å². The van der Waals surface area contributed by atoms with E-state index in [0.717, 1.165) is 29.1 Å². The topological polar surface area (TPSA) is 35.9 Å². The van der Waals surface area contributed by atoms with Gasteiger partial charge in [0.25, 0.3) is 5.91 Å². The van der Waals surface area contributed by atoms with Gasteiger partial charge in [0.15, 0.2) is 5.17 Å². The summed E-state index contributed by atoms with van der Waals surface area (Å²) in [6.07, 6.45) is 3.16. The molecule has 4 rings (SSSR count). The molecule has 1 fully saturated rings. The Morgan fingerprint density at radius 3 is 2.61 bits per heavy atom. The number of nitrogens with zero attached hydrogens (tertiary/aromatic N) is 3. The van der Waals surface area contributed by atoms with Crippen molar-refractivity contribution in [3.63, 3.8) is 0 Å². The normalized spacial score (nSPS) is 23.0. The van der Waals surface area contributed by atoms with Gasteiger partial charge in [0.2, 0.25) is 0 Å². The fourth-order valence-corrected chi connectivity index (χ4v) is 5.79. The first-order valence-electron chi connectivity index (χ1n) is 10.9. The van der Waals surface area contributed by atoms with E-state index in [1.165, 1.54) is 28.6 Å². The van der Waals surface area contributed by atoms with Gasteiger partial charge in [-0.3, -0.25) is 9.69 Å². The van der Waals surface area contributed by atoms with Crippen molar-refractivity contribution in [3.05, 3.63) is 64.1 Å². The number of likely N-dealkylation sites (N-methyl/N-ethyl adjacent to an activating group) is 1. The largest absolute Gasteiger partial charge is 0.366 e. The summed E-state index contributed by atoms with van der Waals surface area (Å²) in [6.45, 7) is 12.3. The maximum atomic E-state index is 12.9. The molecule has 0 radical (unpaired) electrons. The number of carbonyl (C=O) groups is 1. The number of aryl methyl sites for hydroxylation is 1. The third kappa shape index (κ3) is 4.03. The first kappa shape index (κ1) is 21.7. The molecule has 2 aliphatic heterocycles. The van der Waals surface area contributed by atoms with Crippen LogP contribution in [0.5, 0.6) is 0 Å². The Morgan fingerprint density at radius 1 is 1.23 bits per heavy atom. The van der Waals surface area contributed by atoms with Crippen LogP contribution in [-0.4, -0.2) is 35.1 Å². The summed E-state index contributed by atoms with van der Waals surface area (Å²) < 4.78 is 0. The molecule has 0 aromatic heterocycles. The summed E-state index contributed by atoms with van der Waals surface area (Å²) in [6, 6.07) is 14.4. The van der Waals surface area contributed by atoms with E-state index in [1.807, 2.05) is 36.4 Å². The standard InChI is InChI=1S/C26H31N3OS/c1-7-29-22-13-17(2)19(14-21(22)18(3)16-26(29,4)5)15-23-24(30)28(6)25(31-23)27-20-11-9-8-10-12-20/h8-15,18H,7,16H2,1-6H3/b23-15-,27-25?/t18-/m0/s1. The third-order valence-electron chi connectivity index (χ3n) is 6.36. The molecule has 162 valence electrons. The first-order chi connectivity index (χ1) is 14.7. The summed E-state index contributed by atoms with van der Waals surface area (Å²) in [4.78, 5) is 22.4. The summed E-state index contributed by atoms with van der Waals surface area (Å²) in [7, 11) is 1.79. The highest BCUT2D eigenvalue weighted by atomic mass is 32.2. The fraction of sp³-hybridized carbons (Fsp3) is 0.385. The second kappa shape index (κ2) is 8.19. The number of fused-ring (bicyclic) bond motifs is 1. The predicted molar refractivity (Wildman–Crippen MR) is 133 cm³/mol. The van der Waals surface area contributed by atoms with Crippen molar-refractivity contribution in [3.8, 4) is 0 Å². The van der Waals surface area contributed by atoms with E-state index in [-0.39, 0.29) is 11.4 Å². The smallest absolute Gasteiger partial charge is 0.266 e. The molecule has 2 aliphatic rings. The number of amidine groups is 1. The molecule has 1 saturated heterocycles. The Balaban J connectivity index is 1.70. The molecule has 2 aromatic carbocycles. The highest BCUT2D eigenvalue weighted by Gasteiger charge is 2.36. The highest BCUT2D eigenvalue weighted by Crippen LogP contribution is 2.45. The van der Waals surface area contributed by atoms with Gasteiger partial charge in [0.1, 0.15) is 0 Å². The van der Waals surface area contributed by atoms with E-state index in [4.69, 9.17) is 0 Å². The summed E-state index contributed by atoms with van der Waals surface area (Å²) in [5.74, 6) is 0.483. The number of benzene rings is 2. The van der Waals surface area contributed by atoms with Gasteiger partial charge in [-0.25, -0.2) is 4.99 Å². The van der Waals surface area contributed by atoms with E-state index >= 15 is 0 Å². The number of carbonyl (C=O) groups excluding carboxylic acids is 1. The van der Waals surface area contributed by atoms with Crippen LogP contribution in [0, 0.1) is 6.92 Å². The minimum atomic E-state index is 0.00108. The van der Waals surface area contributed by atoms with Crippen LogP contribution in [0.25, 0.3) is 6.08 Å². The van der Waals surface area contributed by atoms with Crippen molar-refractivity contribution in [1.82, 2.24) is 4.90 Å². The van der Waals surface area contributed by atoms with Gasteiger partial charge in [0, 0.05) is 24.8 Å². The van der Waals surface area contributed by atoms with Gasteiger partial charge < -0.3 is 4.90 Å². The number of amides is 1. The molecular weight excluding hydrogens is 402 g/mol. The minimum Gasteiger partial charge on any atom is -0.366 e. The molecule has 0 saturated carbocycles. The molecule has 31 heavy (non-hydrogen) atoms. The van der Waals surface area contributed by atoms with E-state index < -0.39 is 0 Å². The van der Waals surface area contributed by atoms with Crippen LogP contribution in [0.2, 0.25) is 0 Å². The van der Waals surface area contributed by atoms with Gasteiger partial charge in [-0.15, -0.1) is 0 Å². The Labute approximate surface area is 190 Å². The first-order valence-corrected chi connectivity index (χ1v) is 11.8. The maximum absolute atomic E-state index is 12.9. The molecular formula is C26H31N3OS. The van der Waals surface area contributed by atoms with Gasteiger partial charge >= 0.3 is 0 Å². The average molecular weight is 434 g/mol. The number of hydrogen-bond donors (Lipinski definition) is 0. The van der Waals surface area contributed by atoms with Gasteiger partial charge in [-0.05, 0) is 98.8 Å². The highest BCUT2D eigenvalue weighted by molar-refractivity contribution is 8.18. The summed E-state index contributed by atoms with van der Waals surface area (Å²) in [5.41, 5.74) is 6.02. The molecule has 0 unspecified atom stereocenters. The van der Waals surface area contributed by atoms with Crippen LogP contribution in [-0.2, 0) is 4.79 Å². The third-order valence-corrected chi connectivity index (χ3v) is 7.42. The molecule has 2 aromatic rings. The van der Waals surface area contributed by atoms with Crippen LogP contribution in [0.3, 0.4) is 0 Å². The van der Waals surface area contributed by atoms with Gasteiger partial charge in [-0.2, -0.15) is 0 Å². The Hall–Kier alpha value is -2.53.